The van der Waals surface area contributed by atoms with Crippen molar-refractivity contribution in [3.63, 3.8) is 0 Å². The number of aromatic amines is 1. The summed E-state index contributed by atoms with van der Waals surface area (Å²) in [5, 5.41) is 6.42. The predicted molar refractivity (Wildman–Crippen MR) is 126 cm³/mol. The number of methoxy groups -OCH3 is 1. The zero-order valence-corrected chi connectivity index (χ0v) is 19.7. The van der Waals surface area contributed by atoms with Crippen molar-refractivity contribution in [2.75, 3.05) is 33.4 Å². The Bertz CT molecular complexity index is 1050. The van der Waals surface area contributed by atoms with Crippen LogP contribution in [0.25, 0.3) is 10.9 Å². The number of nitrogens with zero attached hydrogens (tertiary/aromatic N) is 2. The zero-order chi connectivity index (χ0) is 24.8. The summed E-state index contributed by atoms with van der Waals surface area (Å²) in [4.78, 5) is 56.6. The standard InChI is InChI=1S/C23H32N6O5/c1-14(2)26-23(33)28-8-9-29(20(30)13-34-3)19(12-28)22(32)27-18(21(24)31)10-15-11-25-17-7-5-4-6-16(15)17/h4-7,11,14,18-19,25H,8-10,12-13H2,1-3H3,(H2,24,31)(H,26,33)(H,27,32). The van der Waals surface area contributed by atoms with Crippen LogP contribution in [0.5, 0.6) is 0 Å². The van der Waals surface area contributed by atoms with E-state index in [1.807, 2.05) is 38.1 Å². The monoisotopic (exact) mass is 472 g/mol. The van der Waals surface area contributed by atoms with Gasteiger partial charge in [0.05, 0.1) is 6.54 Å². The van der Waals surface area contributed by atoms with Crippen LogP contribution in [0.4, 0.5) is 4.79 Å². The first kappa shape index (κ1) is 25.0. The van der Waals surface area contributed by atoms with Gasteiger partial charge in [0.15, 0.2) is 0 Å². The molecule has 11 heteroatoms. The minimum atomic E-state index is -0.994. The lowest BCUT2D eigenvalue weighted by atomic mass is 10.0. The maximum atomic E-state index is 13.3. The van der Waals surface area contributed by atoms with E-state index in [-0.39, 0.29) is 50.6 Å². The summed E-state index contributed by atoms with van der Waals surface area (Å²) in [7, 11) is 1.39. The van der Waals surface area contributed by atoms with Crippen LogP contribution in [-0.4, -0.2) is 90.0 Å². The number of primary amides is 1. The third kappa shape index (κ3) is 5.84. The molecule has 0 radical (unpaired) electrons. The van der Waals surface area contributed by atoms with Crippen molar-refractivity contribution >= 4 is 34.7 Å². The molecular formula is C23H32N6O5. The molecule has 0 aliphatic carbocycles. The van der Waals surface area contributed by atoms with E-state index in [9.17, 15) is 19.2 Å². The highest BCUT2D eigenvalue weighted by Gasteiger charge is 2.38. The molecule has 1 aromatic heterocycles. The summed E-state index contributed by atoms with van der Waals surface area (Å²) >= 11 is 0. The molecule has 0 spiro atoms. The summed E-state index contributed by atoms with van der Waals surface area (Å²) in [5.74, 6) is -1.63. The minimum absolute atomic E-state index is 0.0155. The van der Waals surface area contributed by atoms with Gasteiger partial charge in [-0.25, -0.2) is 4.79 Å². The van der Waals surface area contributed by atoms with Crippen LogP contribution < -0.4 is 16.4 Å². The molecule has 0 saturated carbocycles. The zero-order valence-electron chi connectivity index (χ0n) is 19.7. The number of para-hydroxylation sites is 1. The van der Waals surface area contributed by atoms with Crippen LogP contribution in [0.3, 0.4) is 0 Å². The predicted octanol–water partition coefficient (Wildman–Crippen LogP) is -0.0423. The first-order chi connectivity index (χ1) is 16.2. The summed E-state index contributed by atoms with van der Waals surface area (Å²) < 4.78 is 4.95. The van der Waals surface area contributed by atoms with Gasteiger partial charge in [-0.15, -0.1) is 0 Å². The first-order valence-corrected chi connectivity index (χ1v) is 11.2. The summed E-state index contributed by atoms with van der Waals surface area (Å²) in [6.07, 6.45) is 1.96. The van der Waals surface area contributed by atoms with Gasteiger partial charge in [0.25, 0.3) is 0 Å². The number of piperazine rings is 1. The first-order valence-electron chi connectivity index (χ1n) is 11.2. The van der Waals surface area contributed by atoms with Crippen molar-refractivity contribution in [3.05, 3.63) is 36.0 Å². The van der Waals surface area contributed by atoms with Gasteiger partial charge in [0.2, 0.25) is 17.7 Å². The highest BCUT2D eigenvalue weighted by atomic mass is 16.5. The van der Waals surface area contributed by atoms with Gasteiger partial charge in [0.1, 0.15) is 18.7 Å². The normalized spacial score (nSPS) is 17.0. The molecule has 5 N–H and O–H groups in total. The largest absolute Gasteiger partial charge is 0.375 e. The fourth-order valence-electron chi connectivity index (χ4n) is 4.05. The van der Waals surface area contributed by atoms with E-state index < -0.39 is 23.9 Å². The van der Waals surface area contributed by atoms with E-state index in [2.05, 4.69) is 15.6 Å². The Labute approximate surface area is 198 Å². The molecule has 1 saturated heterocycles. The quantitative estimate of drug-likeness (QED) is 0.425. The van der Waals surface area contributed by atoms with E-state index in [1.165, 1.54) is 16.9 Å². The van der Waals surface area contributed by atoms with Gasteiger partial charge in [-0.1, -0.05) is 18.2 Å². The third-order valence-electron chi connectivity index (χ3n) is 5.73. The minimum Gasteiger partial charge on any atom is -0.375 e. The number of amides is 5. The molecule has 2 atom stereocenters. The van der Waals surface area contributed by atoms with Crippen LogP contribution in [-0.2, 0) is 25.5 Å². The number of fused-ring (bicyclic) bond motifs is 1. The number of nitrogens with two attached hydrogens (primary N) is 1. The van der Waals surface area contributed by atoms with Crippen LogP contribution in [0.2, 0.25) is 0 Å². The van der Waals surface area contributed by atoms with Crippen LogP contribution in [0.1, 0.15) is 19.4 Å². The Kier molecular flexibility index (Phi) is 8.11. The van der Waals surface area contributed by atoms with E-state index in [4.69, 9.17) is 10.5 Å². The highest BCUT2D eigenvalue weighted by Crippen LogP contribution is 2.19. The number of H-pyrrole nitrogens is 1. The van der Waals surface area contributed by atoms with Gasteiger partial charge in [-0.2, -0.15) is 0 Å². The van der Waals surface area contributed by atoms with Crippen molar-refractivity contribution in [2.24, 2.45) is 5.73 Å². The highest BCUT2D eigenvalue weighted by molar-refractivity contribution is 5.93. The Morgan fingerprint density at radius 3 is 2.59 bits per heavy atom. The third-order valence-corrected chi connectivity index (χ3v) is 5.73. The molecule has 1 aliphatic rings. The Morgan fingerprint density at radius 2 is 1.91 bits per heavy atom. The fourth-order valence-corrected chi connectivity index (χ4v) is 4.05. The van der Waals surface area contributed by atoms with Gasteiger partial charge in [0, 0.05) is 49.8 Å². The SMILES string of the molecule is COCC(=O)N1CCN(C(=O)NC(C)C)CC1C(=O)NC(Cc1c[nH]c2ccccc12)C(N)=O. The summed E-state index contributed by atoms with van der Waals surface area (Å²) in [6.45, 7) is 3.89. The summed E-state index contributed by atoms with van der Waals surface area (Å²) in [5.41, 5.74) is 7.34. The molecule has 0 bridgehead atoms. The van der Waals surface area contributed by atoms with Crippen LogP contribution in [0, 0.1) is 0 Å². The lowest BCUT2D eigenvalue weighted by Gasteiger charge is -2.41. The maximum Gasteiger partial charge on any atom is 0.317 e. The van der Waals surface area contributed by atoms with Gasteiger partial charge < -0.3 is 35.9 Å². The number of hydrogen-bond donors (Lipinski definition) is 4. The van der Waals surface area contributed by atoms with Crippen molar-refractivity contribution in [3.8, 4) is 0 Å². The van der Waals surface area contributed by atoms with E-state index >= 15 is 0 Å². The molecule has 2 heterocycles. The topological polar surface area (TPSA) is 150 Å². The number of ether oxygens (including phenoxy) is 1. The smallest absolute Gasteiger partial charge is 0.317 e. The van der Waals surface area contributed by atoms with Gasteiger partial charge in [-0.05, 0) is 25.5 Å². The molecule has 3 rings (SSSR count). The average molecular weight is 473 g/mol. The second kappa shape index (κ2) is 11.0. The Hall–Kier alpha value is -3.60. The van der Waals surface area contributed by atoms with Crippen molar-refractivity contribution in [1.29, 1.82) is 0 Å². The van der Waals surface area contributed by atoms with E-state index in [1.54, 1.807) is 6.20 Å². The number of carbonyl (C=O) groups excluding carboxylic acids is 4. The fraction of sp³-hybridized carbons (Fsp3) is 0.478. The van der Waals surface area contributed by atoms with Crippen LogP contribution >= 0.6 is 0 Å². The molecule has 184 valence electrons. The molecular weight excluding hydrogens is 440 g/mol. The second-order valence-corrected chi connectivity index (χ2v) is 8.61. The molecule has 2 unspecified atom stereocenters. The van der Waals surface area contributed by atoms with E-state index in [0.29, 0.717) is 0 Å². The molecule has 1 aromatic carbocycles. The number of hydrogen-bond acceptors (Lipinski definition) is 5. The second-order valence-electron chi connectivity index (χ2n) is 8.61. The molecule has 1 aliphatic heterocycles. The molecule has 34 heavy (non-hydrogen) atoms. The molecule has 11 nitrogen and oxygen atoms in total. The molecule has 2 aromatic rings. The lowest BCUT2D eigenvalue weighted by Crippen LogP contribution is -2.64. The van der Waals surface area contributed by atoms with Crippen molar-refractivity contribution in [1.82, 2.24) is 25.4 Å². The lowest BCUT2D eigenvalue weighted by molar-refractivity contribution is -0.146. The van der Waals surface area contributed by atoms with Gasteiger partial charge in [-0.3, -0.25) is 14.4 Å². The number of urea groups is 1. The Balaban J connectivity index is 1.78. The van der Waals surface area contributed by atoms with E-state index in [0.717, 1.165) is 16.5 Å². The van der Waals surface area contributed by atoms with Crippen LogP contribution in [0.15, 0.2) is 30.5 Å². The Morgan fingerprint density at radius 1 is 1.18 bits per heavy atom. The average Bonchev–Trinajstić information content (AvgIpc) is 3.20. The number of carbonyl (C=O) groups is 4. The molecule has 1 fully saturated rings. The number of nitrogens with one attached hydrogen (secondary N) is 3. The number of benzene rings is 1. The maximum absolute atomic E-state index is 13.3. The van der Waals surface area contributed by atoms with Crippen molar-refractivity contribution in [2.45, 2.75) is 38.4 Å². The van der Waals surface area contributed by atoms with Crippen molar-refractivity contribution < 1.29 is 23.9 Å². The van der Waals surface area contributed by atoms with Gasteiger partial charge >= 0.3 is 6.03 Å². The molecule has 5 amide bonds. The summed E-state index contributed by atoms with van der Waals surface area (Å²) in [6, 6.07) is 5.22. The number of rotatable bonds is 8. The number of aromatic nitrogens is 1.